The Balaban J connectivity index is 1.72. The molecule has 1 aromatic heterocycles. The second-order valence-electron chi connectivity index (χ2n) is 6.55. The van der Waals surface area contributed by atoms with Crippen LogP contribution in [0.2, 0.25) is 0 Å². The predicted octanol–water partition coefficient (Wildman–Crippen LogP) is 4.14. The van der Waals surface area contributed by atoms with Crippen molar-refractivity contribution < 1.29 is 4.79 Å². The zero-order chi connectivity index (χ0) is 17.2. The second-order valence-corrected chi connectivity index (χ2v) is 7.62. The first-order chi connectivity index (χ1) is 12.3. The van der Waals surface area contributed by atoms with Crippen LogP contribution >= 0.6 is 11.8 Å². The molecule has 25 heavy (non-hydrogen) atoms. The Morgan fingerprint density at radius 3 is 2.64 bits per heavy atom. The summed E-state index contributed by atoms with van der Waals surface area (Å²) in [4.78, 5) is 19.0. The molecule has 1 aliphatic carbocycles. The van der Waals surface area contributed by atoms with E-state index in [0.717, 1.165) is 29.5 Å². The molecule has 1 amide bonds. The van der Waals surface area contributed by atoms with Gasteiger partial charge >= 0.3 is 0 Å². The summed E-state index contributed by atoms with van der Waals surface area (Å²) in [6, 6.07) is 12.1. The van der Waals surface area contributed by atoms with Gasteiger partial charge in [-0.25, -0.2) is 0 Å². The van der Waals surface area contributed by atoms with Crippen molar-refractivity contribution in [3.05, 3.63) is 53.9 Å². The molecule has 0 spiro atoms. The van der Waals surface area contributed by atoms with Crippen molar-refractivity contribution in [2.75, 3.05) is 5.75 Å². The summed E-state index contributed by atoms with van der Waals surface area (Å²) in [7, 11) is 0. The number of carbonyl (C=O) groups excluding carboxylic acids is 1. The summed E-state index contributed by atoms with van der Waals surface area (Å²) in [6.45, 7) is 0. The average Bonchev–Trinajstić information content (AvgIpc) is 3.31. The number of amides is 1. The SMILES string of the molecule is N#Cc1ccc(-c2ccncc2C2SCC(=O)N2C2CCCC2)cc1. The summed E-state index contributed by atoms with van der Waals surface area (Å²) in [5.74, 6) is 0.791. The molecule has 126 valence electrons. The molecule has 1 atom stereocenters. The fourth-order valence-corrected chi connectivity index (χ4v) is 5.11. The van der Waals surface area contributed by atoms with Crippen molar-refractivity contribution in [2.24, 2.45) is 0 Å². The molecule has 5 heteroatoms. The lowest BCUT2D eigenvalue weighted by atomic mass is 9.99. The molecule has 0 radical (unpaired) electrons. The third kappa shape index (κ3) is 3.03. The molecule has 4 nitrogen and oxygen atoms in total. The van der Waals surface area contributed by atoms with Gasteiger partial charge in [0.15, 0.2) is 0 Å². The van der Waals surface area contributed by atoms with E-state index in [4.69, 9.17) is 5.26 Å². The van der Waals surface area contributed by atoms with Crippen LogP contribution in [0.1, 0.15) is 42.2 Å². The minimum absolute atomic E-state index is 0.0370. The topological polar surface area (TPSA) is 57.0 Å². The van der Waals surface area contributed by atoms with Gasteiger partial charge in [0.05, 0.1) is 17.4 Å². The normalized spacial score (nSPS) is 20.8. The van der Waals surface area contributed by atoms with Crippen molar-refractivity contribution in [1.82, 2.24) is 9.88 Å². The third-order valence-corrected chi connectivity index (χ3v) is 6.28. The smallest absolute Gasteiger partial charge is 0.234 e. The van der Waals surface area contributed by atoms with E-state index >= 15 is 0 Å². The lowest BCUT2D eigenvalue weighted by Crippen LogP contribution is -2.36. The van der Waals surface area contributed by atoms with E-state index in [1.807, 2.05) is 36.5 Å². The fourth-order valence-electron chi connectivity index (χ4n) is 3.84. The van der Waals surface area contributed by atoms with Crippen LogP contribution in [0.15, 0.2) is 42.7 Å². The first kappa shape index (κ1) is 16.2. The molecule has 1 unspecified atom stereocenters. The van der Waals surface area contributed by atoms with Gasteiger partial charge < -0.3 is 4.90 Å². The molecule has 2 fully saturated rings. The lowest BCUT2D eigenvalue weighted by molar-refractivity contribution is -0.130. The zero-order valence-corrected chi connectivity index (χ0v) is 14.7. The van der Waals surface area contributed by atoms with Gasteiger partial charge in [-0.05, 0) is 42.2 Å². The van der Waals surface area contributed by atoms with Crippen LogP contribution in [-0.4, -0.2) is 27.6 Å². The van der Waals surface area contributed by atoms with Gasteiger partial charge in [0.2, 0.25) is 5.91 Å². The number of carbonyl (C=O) groups is 1. The van der Waals surface area contributed by atoms with Crippen molar-refractivity contribution in [3.63, 3.8) is 0 Å². The molecule has 1 aromatic carbocycles. The van der Waals surface area contributed by atoms with Crippen LogP contribution in [0, 0.1) is 11.3 Å². The van der Waals surface area contributed by atoms with Crippen LogP contribution in [-0.2, 0) is 4.79 Å². The van der Waals surface area contributed by atoms with Gasteiger partial charge in [-0.15, -0.1) is 11.8 Å². The van der Waals surface area contributed by atoms with Gasteiger partial charge in [-0.3, -0.25) is 9.78 Å². The van der Waals surface area contributed by atoms with Crippen LogP contribution < -0.4 is 0 Å². The predicted molar refractivity (Wildman–Crippen MR) is 98.7 cm³/mol. The van der Waals surface area contributed by atoms with E-state index in [1.54, 1.807) is 18.0 Å². The molecule has 1 aliphatic heterocycles. The molecule has 2 aliphatic rings. The summed E-state index contributed by atoms with van der Waals surface area (Å²) >= 11 is 1.70. The Labute approximate surface area is 151 Å². The van der Waals surface area contributed by atoms with Crippen molar-refractivity contribution in [2.45, 2.75) is 37.1 Å². The largest absolute Gasteiger partial charge is 0.323 e. The first-order valence-electron chi connectivity index (χ1n) is 8.65. The van der Waals surface area contributed by atoms with Crippen LogP contribution in [0.5, 0.6) is 0 Å². The highest BCUT2D eigenvalue weighted by Gasteiger charge is 2.39. The van der Waals surface area contributed by atoms with Crippen molar-refractivity contribution in [1.29, 1.82) is 5.26 Å². The standard InChI is InChI=1S/C20H19N3OS/c21-11-14-5-7-15(8-6-14)17-9-10-22-12-18(17)20-23(19(24)13-25-20)16-3-1-2-4-16/h5-10,12,16,20H,1-4,13H2. The van der Waals surface area contributed by atoms with Gasteiger partial charge in [-0.2, -0.15) is 5.26 Å². The summed E-state index contributed by atoms with van der Waals surface area (Å²) in [6.07, 6.45) is 8.32. The molecule has 2 aromatic rings. The Kier molecular flexibility index (Phi) is 4.46. The fraction of sp³-hybridized carbons (Fsp3) is 0.350. The van der Waals surface area contributed by atoms with Gasteiger partial charge in [0, 0.05) is 24.0 Å². The van der Waals surface area contributed by atoms with Gasteiger partial charge in [0.1, 0.15) is 5.37 Å². The van der Waals surface area contributed by atoms with Crippen LogP contribution in [0.3, 0.4) is 0 Å². The molecular weight excluding hydrogens is 330 g/mol. The second kappa shape index (κ2) is 6.89. The van der Waals surface area contributed by atoms with E-state index < -0.39 is 0 Å². The number of nitriles is 1. The quantitative estimate of drug-likeness (QED) is 0.836. The van der Waals surface area contributed by atoms with E-state index in [-0.39, 0.29) is 11.3 Å². The number of hydrogen-bond acceptors (Lipinski definition) is 4. The van der Waals surface area contributed by atoms with E-state index in [9.17, 15) is 4.79 Å². The Morgan fingerprint density at radius 1 is 1.16 bits per heavy atom. The minimum Gasteiger partial charge on any atom is -0.323 e. The number of rotatable bonds is 3. The highest BCUT2D eigenvalue weighted by molar-refractivity contribution is 8.00. The molecule has 2 heterocycles. The molecule has 4 rings (SSSR count). The Morgan fingerprint density at radius 2 is 1.92 bits per heavy atom. The molecule has 1 saturated carbocycles. The minimum atomic E-state index is 0.0370. The summed E-state index contributed by atoms with van der Waals surface area (Å²) < 4.78 is 0. The summed E-state index contributed by atoms with van der Waals surface area (Å²) in [5.41, 5.74) is 3.89. The zero-order valence-electron chi connectivity index (χ0n) is 13.9. The maximum atomic E-state index is 12.5. The lowest BCUT2D eigenvalue weighted by Gasteiger charge is -2.31. The third-order valence-electron chi connectivity index (χ3n) is 5.07. The number of aromatic nitrogens is 1. The van der Waals surface area contributed by atoms with E-state index in [0.29, 0.717) is 17.4 Å². The Hall–Kier alpha value is -2.32. The highest BCUT2D eigenvalue weighted by Crippen LogP contribution is 2.45. The highest BCUT2D eigenvalue weighted by atomic mass is 32.2. The first-order valence-corrected chi connectivity index (χ1v) is 9.70. The molecular formula is C20H19N3OS. The maximum Gasteiger partial charge on any atom is 0.234 e. The van der Waals surface area contributed by atoms with Gasteiger partial charge in [-0.1, -0.05) is 25.0 Å². The maximum absolute atomic E-state index is 12.5. The summed E-state index contributed by atoms with van der Waals surface area (Å²) in [5, 5.41) is 9.04. The van der Waals surface area contributed by atoms with Gasteiger partial charge in [0.25, 0.3) is 0 Å². The van der Waals surface area contributed by atoms with Crippen LogP contribution in [0.4, 0.5) is 0 Å². The number of nitrogens with zero attached hydrogens (tertiary/aromatic N) is 3. The molecule has 1 saturated heterocycles. The van der Waals surface area contributed by atoms with E-state index in [2.05, 4.69) is 16.0 Å². The number of benzene rings is 1. The van der Waals surface area contributed by atoms with E-state index in [1.165, 1.54) is 12.8 Å². The van der Waals surface area contributed by atoms with Crippen LogP contribution in [0.25, 0.3) is 11.1 Å². The average molecular weight is 349 g/mol. The van der Waals surface area contributed by atoms with Crippen molar-refractivity contribution >= 4 is 17.7 Å². The van der Waals surface area contributed by atoms with Crippen molar-refractivity contribution in [3.8, 4) is 17.2 Å². The monoisotopic (exact) mass is 349 g/mol. The molecule has 0 N–H and O–H groups in total. The number of hydrogen-bond donors (Lipinski definition) is 0. The molecule has 0 bridgehead atoms. The Bertz CT molecular complexity index is 822. The number of pyridine rings is 1. The number of thioether (sulfide) groups is 1.